The summed E-state index contributed by atoms with van der Waals surface area (Å²) in [7, 11) is -3.97. The summed E-state index contributed by atoms with van der Waals surface area (Å²) >= 11 is 0. The van der Waals surface area contributed by atoms with E-state index in [2.05, 4.69) is 5.32 Å². The number of hydrogen-bond acceptors (Lipinski definition) is 5. The van der Waals surface area contributed by atoms with Crippen molar-refractivity contribution in [2.75, 3.05) is 38.2 Å². The molecule has 1 unspecified atom stereocenters. The maximum atomic E-state index is 14.1. The van der Waals surface area contributed by atoms with Gasteiger partial charge in [0.25, 0.3) is 0 Å². The molecule has 2 saturated heterocycles. The highest BCUT2D eigenvalue weighted by Crippen LogP contribution is 2.24. The Morgan fingerprint density at radius 3 is 2.73 bits per heavy atom. The Bertz CT molecular complexity index is 744. The minimum absolute atomic E-state index is 0.103. The summed E-state index contributed by atoms with van der Waals surface area (Å²) in [6, 6.07) is 3.59. The molecule has 0 aromatic heterocycles. The van der Waals surface area contributed by atoms with Crippen molar-refractivity contribution in [1.82, 2.24) is 4.31 Å². The second-order valence-electron chi connectivity index (χ2n) is 6.38. The molecule has 2 heterocycles. The van der Waals surface area contributed by atoms with Crippen LogP contribution in [-0.4, -0.2) is 57.6 Å². The van der Waals surface area contributed by atoms with Gasteiger partial charge in [0.05, 0.1) is 19.3 Å². The molecule has 1 amide bonds. The van der Waals surface area contributed by atoms with Crippen molar-refractivity contribution in [2.45, 2.75) is 36.7 Å². The van der Waals surface area contributed by atoms with Gasteiger partial charge in [0, 0.05) is 31.8 Å². The first kappa shape index (κ1) is 19.2. The Morgan fingerprint density at radius 1 is 1.27 bits per heavy atom. The zero-order valence-corrected chi connectivity index (χ0v) is 15.3. The molecular weight excluding hydrogens is 363 g/mol. The van der Waals surface area contributed by atoms with Crippen LogP contribution in [0.25, 0.3) is 0 Å². The molecule has 3 rings (SSSR count). The average Bonchev–Trinajstić information content (AvgIpc) is 3.16. The molecule has 1 N–H and O–H groups in total. The zero-order chi connectivity index (χ0) is 18.6. The SMILES string of the molecule is O=C(CCC1CCCO1)Nc1ccc(F)c(S(=O)(=O)N2CCOCC2)c1. The van der Waals surface area contributed by atoms with Gasteiger partial charge in [0.15, 0.2) is 0 Å². The van der Waals surface area contributed by atoms with Gasteiger partial charge in [-0.3, -0.25) is 4.79 Å². The Kier molecular flexibility index (Phi) is 6.23. The number of halogens is 1. The number of morpholine rings is 1. The van der Waals surface area contributed by atoms with Gasteiger partial charge >= 0.3 is 0 Å². The van der Waals surface area contributed by atoms with E-state index in [0.29, 0.717) is 6.42 Å². The van der Waals surface area contributed by atoms with Gasteiger partial charge in [-0.1, -0.05) is 0 Å². The Labute approximate surface area is 152 Å². The monoisotopic (exact) mass is 386 g/mol. The molecule has 2 aliphatic rings. The largest absolute Gasteiger partial charge is 0.379 e. The van der Waals surface area contributed by atoms with E-state index in [1.165, 1.54) is 16.4 Å². The lowest BCUT2D eigenvalue weighted by atomic mass is 10.1. The van der Waals surface area contributed by atoms with Gasteiger partial charge in [-0.15, -0.1) is 0 Å². The number of hydrogen-bond donors (Lipinski definition) is 1. The predicted molar refractivity (Wildman–Crippen MR) is 92.8 cm³/mol. The average molecular weight is 386 g/mol. The van der Waals surface area contributed by atoms with Crippen molar-refractivity contribution in [3.63, 3.8) is 0 Å². The smallest absolute Gasteiger partial charge is 0.246 e. The Morgan fingerprint density at radius 2 is 2.04 bits per heavy atom. The standard InChI is InChI=1S/C17H23FN2O5S/c18-15-5-3-13(19-17(21)6-4-14-2-1-9-25-14)12-16(15)26(22,23)20-7-10-24-11-8-20/h3,5,12,14H,1-2,4,6-11H2,(H,19,21). The van der Waals surface area contributed by atoms with Crippen LogP contribution in [0.3, 0.4) is 0 Å². The number of amides is 1. The van der Waals surface area contributed by atoms with Gasteiger partial charge in [-0.2, -0.15) is 4.31 Å². The fourth-order valence-corrected chi connectivity index (χ4v) is 4.59. The molecular formula is C17H23FN2O5S. The number of anilines is 1. The molecule has 0 spiro atoms. The first-order chi connectivity index (χ1) is 12.5. The van der Waals surface area contributed by atoms with Crippen LogP contribution in [-0.2, 0) is 24.3 Å². The van der Waals surface area contributed by atoms with E-state index < -0.39 is 20.7 Å². The third-order valence-electron chi connectivity index (χ3n) is 4.52. The quantitative estimate of drug-likeness (QED) is 0.805. The van der Waals surface area contributed by atoms with E-state index in [1.54, 1.807) is 0 Å². The number of rotatable bonds is 6. The fraction of sp³-hybridized carbons (Fsp3) is 0.588. The van der Waals surface area contributed by atoms with Gasteiger partial charge in [-0.25, -0.2) is 12.8 Å². The van der Waals surface area contributed by atoms with Crippen molar-refractivity contribution in [2.24, 2.45) is 0 Å². The zero-order valence-electron chi connectivity index (χ0n) is 14.4. The van der Waals surface area contributed by atoms with E-state index in [1.807, 2.05) is 0 Å². The molecule has 2 aliphatic heterocycles. The molecule has 2 fully saturated rings. The number of carbonyl (C=O) groups is 1. The fourth-order valence-electron chi connectivity index (χ4n) is 3.09. The van der Waals surface area contributed by atoms with E-state index >= 15 is 0 Å². The maximum Gasteiger partial charge on any atom is 0.246 e. The summed E-state index contributed by atoms with van der Waals surface area (Å²) in [5.74, 6) is -1.09. The lowest BCUT2D eigenvalue weighted by molar-refractivity contribution is -0.116. The normalized spacial score (nSPS) is 21.7. The number of nitrogens with zero attached hydrogens (tertiary/aromatic N) is 1. The second-order valence-corrected chi connectivity index (χ2v) is 8.29. The molecule has 9 heteroatoms. The van der Waals surface area contributed by atoms with E-state index in [4.69, 9.17) is 9.47 Å². The van der Waals surface area contributed by atoms with Gasteiger partial charge < -0.3 is 14.8 Å². The molecule has 0 bridgehead atoms. The Hall–Kier alpha value is -1.55. The third-order valence-corrected chi connectivity index (χ3v) is 6.43. The highest BCUT2D eigenvalue weighted by atomic mass is 32.2. The van der Waals surface area contributed by atoms with Crippen molar-refractivity contribution in [3.8, 4) is 0 Å². The number of benzene rings is 1. The summed E-state index contributed by atoms with van der Waals surface area (Å²) in [6.07, 6.45) is 2.95. The highest BCUT2D eigenvalue weighted by Gasteiger charge is 2.29. The van der Waals surface area contributed by atoms with Crippen molar-refractivity contribution in [3.05, 3.63) is 24.0 Å². The first-order valence-corrected chi connectivity index (χ1v) is 10.2. The van der Waals surface area contributed by atoms with Gasteiger partial charge in [0.2, 0.25) is 15.9 Å². The summed E-state index contributed by atoms with van der Waals surface area (Å²) < 4.78 is 51.2. The van der Waals surface area contributed by atoms with Crippen LogP contribution in [0.1, 0.15) is 25.7 Å². The van der Waals surface area contributed by atoms with Gasteiger partial charge in [-0.05, 0) is 37.5 Å². The number of carbonyl (C=O) groups excluding carboxylic acids is 1. The van der Waals surface area contributed by atoms with Gasteiger partial charge in [0.1, 0.15) is 10.7 Å². The summed E-state index contributed by atoms with van der Waals surface area (Å²) in [5.41, 5.74) is 0.260. The molecule has 1 aromatic carbocycles. The molecule has 0 saturated carbocycles. The van der Waals surface area contributed by atoms with E-state index in [0.717, 1.165) is 25.5 Å². The molecule has 0 radical (unpaired) electrons. The van der Waals surface area contributed by atoms with Crippen molar-refractivity contribution >= 4 is 21.6 Å². The van der Waals surface area contributed by atoms with Crippen molar-refractivity contribution in [1.29, 1.82) is 0 Å². The number of nitrogens with one attached hydrogen (secondary N) is 1. The molecule has 26 heavy (non-hydrogen) atoms. The second kappa shape index (κ2) is 8.43. The lowest BCUT2D eigenvalue weighted by Gasteiger charge is -2.26. The minimum atomic E-state index is -3.97. The first-order valence-electron chi connectivity index (χ1n) is 8.76. The predicted octanol–water partition coefficient (Wildman–Crippen LogP) is 1.74. The minimum Gasteiger partial charge on any atom is -0.379 e. The van der Waals surface area contributed by atoms with Crippen LogP contribution in [0.5, 0.6) is 0 Å². The molecule has 7 nitrogen and oxygen atoms in total. The molecule has 1 atom stereocenters. The highest BCUT2D eigenvalue weighted by molar-refractivity contribution is 7.89. The molecule has 1 aromatic rings. The topological polar surface area (TPSA) is 84.9 Å². The summed E-state index contributed by atoms with van der Waals surface area (Å²) in [5, 5.41) is 2.64. The summed E-state index contributed by atoms with van der Waals surface area (Å²) in [4.78, 5) is 11.6. The Balaban J connectivity index is 1.67. The summed E-state index contributed by atoms with van der Waals surface area (Å²) in [6.45, 7) is 1.65. The van der Waals surface area contributed by atoms with Crippen LogP contribution in [0.15, 0.2) is 23.1 Å². The van der Waals surface area contributed by atoms with Crippen LogP contribution in [0.4, 0.5) is 10.1 Å². The van der Waals surface area contributed by atoms with Crippen LogP contribution < -0.4 is 5.32 Å². The molecule has 0 aliphatic carbocycles. The third kappa shape index (κ3) is 4.59. The number of ether oxygens (including phenoxy) is 2. The van der Waals surface area contributed by atoms with E-state index in [9.17, 15) is 17.6 Å². The van der Waals surface area contributed by atoms with Crippen LogP contribution in [0.2, 0.25) is 0 Å². The maximum absolute atomic E-state index is 14.1. The van der Waals surface area contributed by atoms with Crippen molar-refractivity contribution < 1.29 is 27.1 Å². The van der Waals surface area contributed by atoms with Crippen LogP contribution in [0, 0.1) is 5.82 Å². The van der Waals surface area contributed by atoms with E-state index in [-0.39, 0.29) is 50.4 Å². The number of sulfonamides is 1. The lowest BCUT2D eigenvalue weighted by Crippen LogP contribution is -2.40. The molecule has 144 valence electrons. The van der Waals surface area contributed by atoms with Crippen LogP contribution >= 0.6 is 0 Å².